The number of hydrogen-bond acceptors (Lipinski definition) is 9. The van der Waals surface area contributed by atoms with Gasteiger partial charge in [0.1, 0.15) is 5.75 Å². The lowest BCUT2D eigenvalue weighted by molar-refractivity contribution is 0.0953. The third kappa shape index (κ3) is 4.51. The first-order chi connectivity index (χ1) is 15.3. The van der Waals surface area contributed by atoms with E-state index in [-0.39, 0.29) is 6.10 Å². The first-order valence-corrected chi connectivity index (χ1v) is 11.8. The van der Waals surface area contributed by atoms with Gasteiger partial charge in [-0.15, -0.1) is 21.5 Å². The van der Waals surface area contributed by atoms with Crippen molar-refractivity contribution in [2.24, 2.45) is 0 Å². The van der Waals surface area contributed by atoms with Crippen LogP contribution in [0.3, 0.4) is 0 Å². The van der Waals surface area contributed by atoms with Crippen LogP contribution in [0, 0.1) is 0 Å². The molecule has 31 heavy (non-hydrogen) atoms. The van der Waals surface area contributed by atoms with E-state index in [1.165, 1.54) is 11.8 Å². The Morgan fingerprint density at radius 2 is 2.13 bits per heavy atom. The molecule has 1 atom stereocenters. The Bertz CT molecular complexity index is 1120. The maximum atomic E-state index is 5.85. The van der Waals surface area contributed by atoms with E-state index in [2.05, 4.69) is 31.0 Å². The molecule has 4 heterocycles. The smallest absolute Gasteiger partial charge is 0.237 e. The average molecular weight is 456 g/mol. The summed E-state index contributed by atoms with van der Waals surface area (Å²) in [6, 6.07) is 11.7. The SMILES string of the molecule is COc1ccc(-c2noc(CSc3nnc(-c4cccs4)n3CC3CCCO3)n2)cc1. The van der Waals surface area contributed by atoms with Crippen molar-refractivity contribution in [1.82, 2.24) is 24.9 Å². The van der Waals surface area contributed by atoms with Crippen LogP contribution >= 0.6 is 23.1 Å². The van der Waals surface area contributed by atoms with Crippen LogP contribution < -0.4 is 4.74 Å². The molecule has 1 unspecified atom stereocenters. The molecular formula is C21H21N5O3S2. The van der Waals surface area contributed by atoms with Crippen LogP contribution in [0.4, 0.5) is 0 Å². The van der Waals surface area contributed by atoms with Crippen LogP contribution in [-0.4, -0.2) is 44.7 Å². The molecule has 1 aliphatic heterocycles. The highest BCUT2D eigenvalue weighted by atomic mass is 32.2. The van der Waals surface area contributed by atoms with E-state index in [9.17, 15) is 0 Å². The molecule has 1 aliphatic rings. The van der Waals surface area contributed by atoms with E-state index < -0.39 is 0 Å². The Hall–Kier alpha value is -2.69. The highest BCUT2D eigenvalue weighted by molar-refractivity contribution is 7.98. The van der Waals surface area contributed by atoms with Gasteiger partial charge < -0.3 is 14.0 Å². The molecule has 3 aromatic heterocycles. The molecule has 0 amide bonds. The normalized spacial score (nSPS) is 16.1. The third-order valence-electron chi connectivity index (χ3n) is 5.01. The molecule has 0 radical (unpaired) electrons. The van der Waals surface area contributed by atoms with Gasteiger partial charge in [-0.25, -0.2) is 0 Å². The van der Waals surface area contributed by atoms with Gasteiger partial charge in [0.15, 0.2) is 11.0 Å². The van der Waals surface area contributed by atoms with Gasteiger partial charge in [-0.05, 0) is 48.6 Å². The van der Waals surface area contributed by atoms with E-state index in [0.717, 1.165) is 53.2 Å². The molecule has 1 saturated heterocycles. The van der Waals surface area contributed by atoms with Crippen molar-refractivity contribution < 1.29 is 14.0 Å². The Labute approximate surface area is 187 Å². The summed E-state index contributed by atoms with van der Waals surface area (Å²) in [7, 11) is 1.64. The number of hydrogen-bond donors (Lipinski definition) is 0. The predicted molar refractivity (Wildman–Crippen MR) is 118 cm³/mol. The minimum absolute atomic E-state index is 0.194. The fourth-order valence-electron chi connectivity index (χ4n) is 3.44. The van der Waals surface area contributed by atoms with Crippen LogP contribution in [0.2, 0.25) is 0 Å². The summed E-state index contributed by atoms with van der Waals surface area (Å²) >= 11 is 3.19. The lowest BCUT2D eigenvalue weighted by Gasteiger charge is -2.13. The Kier molecular flexibility index (Phi) is 6.01. The van der Waals surface area contributed by atoms with Crippen molar-refractivity contribution in [1.29, 1.82) is 0 Å². The average Bonchev–Trinajstić information content (AvgIpc) is 3.61. The number of ether oxygens (including phenoxy) is 2. The molecule has 4 aromatic rings. The summed E-state index contributed by atoms with van der Waals surface area (Å²) in [4.78, 5) is 5.62. The zero-order valence-electron chi connectivity index (χ0n) is 16.9. The summed E-state index contributed by atoms with van der Waals surface area (Å²) < 4.78 is 18.6. The van der Waals surface area contributed by atoms with Gasteiger partial charge >= 0.3 is 0 Å². The first-order valence-electron chi connectivity index (χ1n) is 9.98. The number of methoxy groups -OCH3 is 1. The number of aromatic nitrogens is 5. The molecule has 0 N–H and O–H groups in total. The molecule has 0 bridgehead atoms. The van der Waals surface area contributed by atoms with E-state index in [1.54, 1.807) is 18.4 Å². The standard InChI is InChI=1S/C21H21N5O3S2/c1-27-15-8-6-14(7-9-15)19-22-18(29-25-19)13-31-21-24-23-20(17-5-3-11-30-17)26(21)12-16-4-2-10-28-16/h3,5-9,11,16H,2,4,10,12-13H2,1H3. The van der Waals surface area contributed by atoms with E-state index in [0.29, 0.717) is 17.5 Å². The fourth-order valence-corrected chi connectivity index (χ4v) is 4.94. The number of rotatable bonds is 8. The Morgan fingerprint density at radius 3 is 2.87 bits per heavy atom. The maximum Gasteiger partial charge on any atom is 0.237 e. The lowest BCUT2D eigenvalue weighted by Crippen LogP contribution is -2.16. The van der Waals surface area contributed by atoms with Gasteiger partial charge in [-0.1, -0.05) is 23.0 Å². The van der Waals surface area contributed by atoms with E-state index in [1.807, 2.05) is 35.7 Å². The van der Waals surface area contributed by atoms with Crippen molar-refractivity contribution in [3.8, 4) is 27.8 Å². The second-order valence-corrected chi connectivity index (χ2v) is 8.95. The summed E-state index contributed by atoms with van der Waals surface area (Å²) in [6.07, 6.45) is 2.35. The van der Waals surface area contributed by atoms with E-state index >= 15 is 0 Å². The molecule has 5 rings (SSSR count). The summed E-state index contributed by atoms with van der Waals surface area (Å²) in [5, 5.41) is 15.9. The van der Waals surface area contributed by atoms with Crippen LogP contribution in [0.15, 0.2) is 51.5 Å². The van der Waals surface area contributed by atoms with Crippen LogP contribution in [0.1, 0.15) is 18.7 Å². The predicted octanol–water partition coefficient (Wildman–Crippen LogP) is 4.54. The second kappa shape index (κ2) is 9.21. The molecular weight excluding hydrogens is 434 g/mol. The minimum Gasteiger partial charge on any atom is -0.497 e. The Balaban J connectivity index is 1.32. The van der Waals surface area contributed by atoms with Crippen molar-refractivity contribution in [2.75, 3.05) is 13.7 Å². The van der Waals surface area contributed by atoms with Gasteiger partial charge in [0.25, 0.3) is 0 Å². The summed E-state index contributed by atoms with van der Waals surface area (Å²) in [5.74, 6) is 3.27. The second-order valence-electron chi connectivity index (χ2n) is 7.06. The van der Waals surface area contributed by atoms with Gasteiger partial charge in [0, 0.05) is 12.2 Å². The van der Waals surface area contributed by atoms with Crippen molar-refractivity contribution in [2.45, 2.75) is 36.4 Å². The topological polar surface area (TPSA) is 88.1 Å². The number of nitrogens with zero attached hydrogens (tertiary/aromatic N) is 5. The molecule has 0 aliphatic carbocycles. The minimum atomic E-state index is 0.194. The fraction of sp³-hybridized carbons (Fsp3) is 0.333. The summed E-state index contributed by atoms with van der Waals surface area (Å²) in [6.45, 7) is 1.56. The van der Waals surface area contributed by atoms with Gasteiger partial charge in [-0.2, -0.15) is 4.98 Å². The number of thioether (sulfide) groups is 1. The highest BCUT2D eigenvalue weighted by Crippen LogP contribution is 2.30. The molecule has 1 fully saturated rings. The molecule has 0 saturated carbocycles. The van der Waals surface area contributed by atoms with Crippen molar-refractivity contribution in [3.63, 3.8) is 0 Å². The Morgan fingerprint density at radius 1 is 1.23 bits per heavy atom. The quantitative estimate of drug-likeness (QED) is 0.358. The molecule has 0 spiro atoms. The third-order valence-corrected chi connectivity index (χ3v) is 6.83. The molecule has 160 valence electrons. The molecule has 8 nitrogen and oxygen atoms in total. The van der Waals surface area contributed by atoms with Crippen molar-refractivity contribution >= 4 is 23.1 Å². The van der Waals surface area contributed by atoms with Crippen LogP contribution in [0.25, 0.3) is 22.1 Å². The molecule has 1 aromatic carbocycles. The molecule has 10 heteroatoms. The lowest BCUT2D eigenvalue weighted by atomic mass is 10.2. The van der Waals surface area contributed by atoms with Gasteiger partial charge in [0.05, 0.1) is 30.4 Å². The largest absolute Gasteiger partial charge is 0.497 e. The highest BCUT2D eigenvalue weighted by Gasteiger charge is 2.22. The van der Waals surface area contributed by atoms with Gasteiger partial charge in [-0.3, -0.25) is 4.57 Å². The first kappa shape index (κ1) is 20.2. The van der Waals surface area contributed by atoms with Crippen LogP contribution in [-0.2, 0) is 17.0 Å². The van der Waals surface area contributed by atoms with Crippen LogP contribution in [0.5, 0.6) is 5.75 Å². The maximum absolute atomic E-state index is 5.85. The zero-order valence-corrected chi connectivity index (χ0v) is 18.6. The monoisotopic (exact) mass is 455 g/mol. The summed E-state index contributed by atoms with van der Waals surface area (Å²) in [5.41, 5.74) is 0.877. The zero-order chi connectivity index (χ0) is 21.0. The van der Waals surface area contributed by atoms with Gasteiger partial charge in [0.2, 0.25) is 11.7 Å². The van der Waals surface area contributed by atoms with E-state index in [4.69, 9.17) is 14.0 Å². The number of benzene rings is 1. The van der Waals surface area contributed by atoms with Crippen molar-refractivity contribution in [3.05, 3.63) is 47.7 Å². The number of thiophene rings is 1.